The Labute approximate surface area is 164 Å². The first kappa shape index (κ1) is 19.9. The summed E-state index contributed by atoms with van der Waals surface area (Å²) in [6.07, 6.45) is 6.73. The summed E-state index contributed by atoms with van der Waals surface area (Å²) < 4.78 is 7.44. The van der Waals surface area contributed by atoms with Crippen LogP contribution in [0.25, 0.3) is 0 Å². The molecule has 0 spiro atoms. The summed E-state index contributed by atoms with van der Waals surface area (Å²) in [5.41, 5.74) is 1.37. The van der Waals surface area contributed by atoms with Crippen LogP contribution in [0.2, 0.25) is 0 Å². The van der Waals surface area contributed by atoms with Gasteiger partial charge in [-0.05, 0) is 50.3 Å². The van der Waals surface area contributed by atoms with Gasteiger partial charge in [0.1, 0.15) is 5.75 Å². The summed E-state index contributed by atoms with van der Waals surface area (Å²) in [7, 11) is 0. The number of likely N-dealkylation sites (tertiary alicyclic amines) is 1. The smallest absolute Gasteiger partial charge is 0.338 e. The van der Waals surface area contributed by atoms with Crippen LogP contribution in [0.5, 0.6) is 5.75 Å². The number of aromatic carboxylic acids is 1. The van der Waals surface area contributed by atoms with Crippen molar-refractivity contribution in [3.63, 3.8) is 0 Å². The Balaban J connectivity index is 1.34. The van der Waals surface area contributed by atoms with Crippen LogP contribution in [0, 0.1) is 6.92 Å². The van der Waals surface area contributed by atoms with Crippen molar-refractivity contribution in [3.8, 4) is 5.75 Å². The number of carbonyl (C=O) groups excluding carboxylic acids is 1. The monoisotopic (exact) mass is 385 g/mol. The summed E-state index contributed by atoms with van der Waals surface area (Å²) in [5, 5.41) is 13.1. The lowest BCUT2D eigenvalue weighted by Gasteiger charge is -2.32. The van der Waals surface area contributed by atoms with E-state index in [0.717, 1.165) is 31.4 Å². The highest BCUT2D eigenvalue weighted by Gasteiger charge is 2.24. The molecule has 7 nitrogen and oxygen atoms in total. The molecule has 1 amide bonds. The second-order valence-corrected chi connectivity index (χ2v) is 7.25. The lowest BCUT2D eigenvalue weighted by Crippen LogP contribution is -2.39. The van der Waals surface area contributed by atoms with Gasteiger partial charge in [0.05, 0.1) is 24.4 Å². The van der Waals surface area contributed by atoms with Crippen LogP contribution >= 0.6 is 0 Å². The van der Waals surface area contributed by atoms with E-state index in [1.54, 1.807) is 10.9 Å². The normalized spacial score (nSPS) is 14.8. The van der Waals surface area contributed by atoms with Gasteiger partial charge in [0, 0.05) is 25.7 Å². The molecule has 0 atom stereocenters. The van der Waals surface area contributed by atoms with E-state index in [1.165, 1.54) is 11.8 Å². The number of carbonyl (C=O) groups is 2. The summed E-state index contributed by atoms with van der Waals surface area (Å²) in [6, 6.07) is 8.12. The fourth-order valence-corrected chi connectivity index (χ4v) is 3.46. The fourth-order valence-electron chi connectivity index (χ4n) is 3.46. The van der Waals surface area contributed by atoms with Gasteiger partial charge in [0.15, 0.2) is 0 Å². The molecule has 1 aromatic carbocycles. The number of piperidine rings is 1. The first-order valence-electron chi connectivity index (χ1n) is 9.77. The van der Waals surface area contributed by atoms with Gasteiger partial charge in [-0.1, -0.05) is 12.1 Å². The third kappa shape index (κ3) is 5.34. The first-order valence-corrected chi connectivity index (χ1v) is 9.77. The Bertz CT molecular complexity index is 809. The molecule has 1 fully saturated rings. The average molecular weight is 385 g/mol. The van der Waals surface area contributed by atoms with E-state index in [4.69, 9.17) is 9.84 Å². The third-order valence-corrected chi connectivity index (χ3v) is 5.08. The van der Waals surface area contributed by atoms with E-state index in [1.807, 2.05) is 36.1 Å². The second-order valence-electron chi connectivity index (χ2n) is 7.25. The maximum Gasteiger partial charge on any atom is 0.338 e. The van der Waals surface area contributed by atoms with Crippen molar-refractivity contribution in [2.75, 3.05) is 19.7 Å². The lowest BCUT2D eigenvalue weighted by molar-refractivity contribution is -0.132. The summed E-state index contributed by atoms with van der Waals surface area (Å²) in [4.78, 5) is 25.3. The number of benzene rings is 1. The number of carboxylic acids is 1. The van der Waals surface area contributed by atoms with E-state index in [2.05, 4.69) is 5.10 Å². The van der Waals surface area contributed by atoms with Crippen LogP contribution in [0.4, 0.5) is 0 Å². The van der Waals surface area contributed by atoms with Crippen LogP contribution in [-0.2, 0) is 4.79 Å². The molecule has 28 heavy (non-hydrogen) atoms. The highest BCUT2D eigenvalue weighted by Crippen LogP contribution is 2.23. The molecule has 0 bridgehead atoms. The van der Waals surface area contributed by atoms with E-state index < -0.39 is 5.97 Å². The zero-order chi connectivity index (χ0) is 19.9. The van der Waals surface area contributed by atoms with Crippen molar-refractivity contribution in [3.05, 3.63) is 47.8 Å². The molecular weight excluding hydrogens is 358 g/mol. The Morgan fingerprint density at radius 2 is 2.04 bits per heavy atom. The largest absolute Gasteiger partial charge is 0.494 e. The number of aromatic nitrogens is 2. The Hall–Kier alpha value is -2.83. The third-order valence-electron chi connectivity index (χ3n) is 5.08. The van der Waals surface area contributed by atoms with Gasteiger partial charge < -0.3 is 14.7 Å². The molecule has 7 heteroatoms. The Morgan fingerprint density at radius 1 is 1.25 bits per heavy atom. The first-order chi connectivity index (χ1) is 13.5. The lowest BCUT2D eigenvalue weighted by atomic mass is 10.0. The van der Waals surface area contributed by atoms with Gasteiger partial charge in [-0.25, -0.2) is 4.79 Å². The van der Waals surface area contributed by atoms with Gasteiger partial charge in [-0.2, -0.15) is 5.10 Å². The van der Waals surface area contributed by atoms with Crippen LogP contribution in [0.3, 0.4) is 0 Å². The highest BCUT2D eigenvalue weighted by atomic mass is 16.5. The molecule has 2 aromatic rings. The van der Waals surface area contributed by atoms with Gasteiger partial charge >= 0.3 is 5.97 Å². The minimum absolute atomic E-state index is 0.153. The SMILES string of the molecule is Cc1cccc(OCCCCC(=O)N2CCC(n3cc(C(=O)O)cn3)CC2)c1. The summed E-state index contributed by atoms with van der Waals surface area (Å²) >= 11 is 0. The number of hydrogen-bond acceptors (Lipinski definition) is 4. The zero-order valence-electron chi connectivity index (χ0n) is 16.2. The molecule has 0 unspecified atom stereocenters. The molecule has 2 heterocycles. The number of unbranched alkanes of at least 4 members (excludes halogenated alkanes) is 1. The summed E-state index contributed by atoms with van der Waals surface area (Å²) in [6.45, 7) is 4.02. The van der Waals surface area contributed by atoms with Crippen LogP contribution < -0.4 is 4.74 Å². The van der Waals surface area contributed by atoms with E-state index >= 15 is 0 Å². The van der Waals surface area contributed by atoms with E-state index in [9.17, 15) is 9.59 Å². The number of rotatable bonds is 8. The molecule has 0 saturated carbocycles. The molecule has 3 rings (SSSR count). The quantitative estimate of drug-likeness (QED) is 0.705. The standard InChI is InChI=1S/C21H27N3O4/c1-16-5-4-6-19(13-16)28-12-3-2-7-20(25)23-10-8-18(9-11-23)24-15-17(14-22-24)21(26)27/h4-6,13-15,18H,2-3,7-12H2,1H3,(H,26,27). The van der Waals surface area contributed by atoms with Crippen molar-refractivity contribution in [2.24, 2.45) is 0 Å². The minimum Gasteiger partial charge on any atom is -0.494 e. The highest BCUT2D eigenvalue weighted by molar-refractivity contribution is 5.86. The number of amides is 1. The Morgan fingerprint density at radius 3 is 2.71 bits per heavy atom. The topological polar surface area (TPSA) is 84.7 Å². The molecule has 1 saturated heterocycles. The number of hydrogen-bond donors (Lipinski definition) is 1. The van der Waals surface area contributed by atoms with Crippen molar-refractivity contribution in [1.29, 1.82) is 0 Å². The van der Waals surface area contributed by atoms with Crippen molar-refractivity contribution < 1.29 is 19.4 Å². The predicted molar refractivity (Wildman–Crippen MR) is 105 cm³/mol. The van der Waals surface area contributed by atoms with Crippen molar-refractivity contribution in [1.82, 2.24) is 14.7 Å². The molecule has 0 aliphatic carbocycles. The predicted octanol–water partition coefficient (Wildman–Crippen LogP) is 3.30. The number of carboxylic acid groups (broad SMARTS) is 1. The van der Waals surface area contributed by atoms with Gasteiger partial charge in [0.25, 0.3) is 0 Å². The number of ether oxygens (including phenoxy) is 1. The van der Waals surface area contributed by atoms with E-state index in [-0.39, 0.29) is 17.5 Å². The maximum absolute atomic E-state index is 12.4. The average Bonchev–Trinajstić information content (AvgIpc) is 3.18. The van der Waals surface area contributed by atoms with Crippen molar-refractivity contribution >= 4 is 11.9 Å². The van der Waals surface area contributed by atoms with Gasteiger partial charge in [0.2, 0.25) is 5.91 Å². The summed E-state index contributed by atoms with van der Waals surface area (Å²) in [5.74, 6) is 0.0870. The number of nitrogens with zero attached hydrogens (tertiary/aromatic N) is 3. The molecule has 0 radical (unpaired) electrons. The second kappa shape index (κ2) is 9.39. The molecule has 150 valence electrons. The molecule has 1 aromatic heterocycles. The fraction of sp³-hybridized carbons (Fsp3) is 0.476. The van der Waals surface area contributed by atoms with Crippen LogP contribution in [0.15, 0.2) is 36.7 Å². The van der Waals surface area contributed by atoms with E-state index in [0.29, 0.717) is 26.1 Å². The molecular formula is C21H27N3O4. The van der Waals surface area contributed by atoms with Crippen molar-refractivity contribution in [2.45, 2.75) is 45.1 Å². The van der Waals surface area contributed by atoms with Crippen LogP contribution in [-0.4, -0.2) is 51.4 Å². The maximum atomic E-state index is 12.4. The van der Waals surface area contributed by atoms with Gasteiger partial charge in [-0.15, -0.1) is 0 Å². The molecule has 1 aliphatic heterocycles. The zero-order valence-corrected chi connectivity index (χ0v) is 16.2. The number of aryl methyl sites for hydroxylation is 1. The molecule has 1 aliphatic rings. The van der Waals surface area contributed by atoms with Gasteiger partial charge in [-0.3, -0.25) is 9.48 Å². The minimum atomic E-state index is -0.967. The Kier molecular flexibility index (Phi) is 6.68. The van der Waals surface area contributed by atoms with Crippen LogP contribution in [0.1, 0.15) is 54.1 Å². The molecule has 1 N–H and O–H groups in total.